The number of rotatable bonds is 3. The van der Waals surface area contributed by atoms with E-state index in [-0.39, 0.29) is 11.5 Å². The van der Waals surface area contributed by atoms with Gasteiger partial charge in [0.05, 0.1) is 0 Å². The summed E-state index contributed by atoms with van der Waals surface area (Å²) in [6.45, 7) is 0. The molecule has 0 bridgehead atoms. The van der Waals surface area contributed by atoms with Gasteiger partial charge in [0.15, 0.2) is 0 Å². The van der Waals surface area contributed by atoms with Crippen LogP contribution in [0.25, 0.3) is 21.9 Å². The van der Waals surface area contributed by atoms with Crippen LogP contribution in [0.3, 0.4) is 0 Å². The molecule has 0 saturated carbocycles. The molecule has 3 aliphatic rings. The average Bonchev–Trinajstić information content (AvgIpc) is 3.43. The zero-order valence-corrected chi connectivity index (χ0v) is 20.4. The number of halogens is 1. The third-order valence-electron chi connectivity index (χ3n) is 7.68. The van der Waals surface area contributed by atoms with Gasteiger partial charge in [-0.25, -0.2) is 0 Å². The largest absolute Gasteiger partial charge is 0.226 e. The van der Waals surface area contributed by atoms with E-state index in [0.717, 1.165) is 0 Å². The van der Waals surface area contributed by atoms with Gasteiger partial charge in [-0.15, -0.1) is 0 Å². The van der Waals surface area contributed by atoms with Gasteiger partial charge >= 0.3 is 0 Å². The van der Waals surface area contributed by atoms with Gasteiger partial charge in [-0.1, -0.05) is 127 Å². The molecule has 0 radical (unpaired) electrons. The van der Waals surface area contributed by atoms with Crippen LogP contribution >= 0.6 is 11.1 Å². The Balaban J connectivity index is 1.62. The van der Waals surface area contributed by atoms with E-state index in [1.54, 1.807) is 0 Å². The molecular weight excluding hydrogens is 448 g/mol. The van der Waals surface area contributed by atoms with Crippen LogP contribution in [0, 0.1) is 5.92 Å². The van der Waals surface area contributed by atoms with Crippen molar-refractivity contribution in [3.8, 4) is 11.1 Å². The molecule has 3 aliphatic carbocycles. The third-order valence-corrected chi connectivity index (χ3v) is 13.6. The van der Waals surface area contributed by atoms with E-state index in [4.69, 9.17) is 11.1 Å². The Hall–Kier alpha value is -3.39. The summed E-state index contributed by atoms with van der Waals surface area (Å²) >= 11 is 8.31. The maximum Gasteiger partial charge on any atom is 0.226 e. The van der Waals surface area contributed by atoms with E-state index < -0.39 is 7.38 Å². The number of hydrogen-bond donors (Lipinski definition) is 0. The minimum atomic E-state index is -2.84. The van der Waals surface area contributed by atoms with Gasteiger partial charge in [-0.3, -0.25) is 0 Å². The summed E-state index contributed by atoms with van der Waals surface area (Å²) in [6.07, 6.45) is 8.98. The van der Waals surface area contributed by atoms with Gasteiger partial charge in [0, 0.05) is 11.5 Å². The predicted molar refractivity (Wildman–Crippen MR) is 146 cm³/mol. The van der Waals surface area contributed by atoms with Crippen LogP contribution in [0.15, 0.2) is 127 Å². The molecule has 2 unspecified atom stereocenters. The highest BCUT2D eigenvalue weighted by atomic mass is 35.6. The fourth-order valence-electron chi connectivity index (χ4n) is 6.35. The van der Waals surface area contributed by atoms with Gasteiger partial charge in [-0.2, -0.15) is 11.1 Å². The monoisotopic (exact) mass is 470 g/mol. The van der Waals surface area contributed by atoms with Crippen LogP contribution in [0.2, 0.25) is 0 Å². The summed E-state index contributed by atoms with van der Waals surface area (Å²) in [5.41, 5.74) is 6.90. The highest BCUT2D eigenvalue weighted by molar-refractivity contribution is 7.37. The zero-order chi connectivity index (χ0) is 22.7. The molecule has 0 aliphatic heterocycles. The van der Waals surface area contributed by atoms with Crippen LogP contribution in [0.1, 0.15) is 16.7 Å². The fourth-order valence-corrected chi connectivity index (χ4v) is 12.4. The SMILES string of the molecule is Cl[Si](C1=c2ccccc2=C2C=CC=CC21)(c1ccccc1)C1c2ccccc2-c2ccccc21. The van der Waals surface area contributed by atoms with Crippen molar-refractivity contribution in [3.05, 3.63) is 149 Å². The molecule has 0 saturated heterocycles. The van der Waals surface area contributed by atoms with Crippen molar-refractivity contribution in [2.45, 2.75) is 5.54 Å². The Kier molecular flexibility index (Phi) is 4.45. The number of hydrogen-bond acceptors (Lipinski definition) is 0. The van der Waals surface area contributed by atoms with Crippen molar-refractivity contribution in [3.63, 3.8) is 0 Å². The lowest BCUT2D eigenvalue weighted by Crippen LogP contribution is -2.53. The molecule has 2 heteroatoms. The standard InChI is InChI=1S/C32H23ClSi/c33-34(22-12-2-1-3-13-22,31-27-18-8-4-14-23(27)24-15-5-9-19-28(24)31)32-29-20-10-6-16-25(29)26-17-7-11-21-30(26)32/h1-21,27,32H. The summed E-state index contributed by atoms with van der Waals surface area (Å²) in [5.74, 6) is 0.215. The first kappa shape index (κ1) is 20.0. The zero-order valence-electron chi connectivity index (χ0n) is 18.7. The van der Waals surface area contributed by atoms with Gasteiger partial charge in [0.2, 0.25) is 7.38 Å². The summed E-state index contributed by atoms with van der Waals surface area (Å²) < 4.78 is 0. The molecule has 0 N–H and O–H groups in total. The normalized spacial score (nSPS) is 19.4. The molecule has 0 aromatic heterocycles. The second kappa shape index (κ2) is 7.56. The Morgan fingerprint density at radius 1 is 0.588 bits per heavy atom. The summed E-state index contributed by atoms with van der Waals surface area (Å²) in [7, 11) is -2.84. The fraction of sp³-hybridized carbons (Fsp3) is 0.0625. The first-order valence-corrected chi connectivity index (χ1v) is 15.0. The number of benzene rings is 4. The maximum atomic E-state index is 8.31. The minimum absolute atomic E-state index is 0.144. The lowest BCUT2D eigenvalue weighted by molar-refractivity contribution is 1.11. The van der Waals surface area contributed by atoms with Gasteiger partial charge in [-0.05, 0) is 48.6 Å². The summed E-state index contributed by atoms with van der Waals surface area (Å²) in [5, 5.41) is 5.35. The summed E-state index contributed by atoms with van der Waals surface area (Å²) in [6, 6.07) is 37.6. The molecule has 0 fully saturated rings. The van der Waals surface area contributed by atoms with Crippen LogP contribution in [-0.2, 0) is 0 Å². The van der Waals surface area contributed by atoms with Crippen LogP contribution in [-0.4, -0.2) is 7.38 Å². The van der Waals surface area contributed by atoms with Crippen molar-refractivity contribution in [2.75, 3.05) is 0 Å². The lowest BCUT2D eigenvalue weighted by atomic mass is 9.97. The van der Waals surface area contributed by atoms with Crippen LogP contribution in [0.5, 0.6) is 0 Å². The molecule has 0 heterocycles. The van der Waals surface area contributed by atoms with E-state index in [1.807, 2.05) is 0 Å². The highest BCUT2D eigenvalue weighted by Crippen LogP contribution is 2.53. The maximum absolute atomic E-state index is 8.31. The molecule has 4 aromatic rings. The van der Waals surface area contributed by atoms with E-state index >= 15 is 0 Å². The van der Waals surface area contributed by atoms with Crippen LogP contribution < -0.4 is 15.6 Å². The highest BCUT2D eigenvalue weighted by Gasteiger charge is 2.53. The van der Waals surface area contributed by atoms with E-state index in [1.165, 1.54) is 48.6 Å². The molecular formula is C32H23ClSi. The Morgan fingerprint density at radius 2 is 1.18 bits per heavy atom. The van der Waals surface area contributed by atoms with Crippen molar-refractivity contribution >= 4 is 34.4 Å². The van der Waals surface area contributed by atoms with Crippen molar-refractivity contribution in [1.29, 1.82) is 0 Å². The number of fused-ring (bicyclic) bond motifs is 5. The molecule has 7 rings (SSSR count). The first-order valence-electron chi connectivity index (χ1n) is 11.9. The first-order chi connectivity index (χ1) is 16.8. The third kappa shape index (κ3) is 2.66. The Labute approximate surface area is 205 Å². The molecule has 0 nitrogen and oxygen atoms in total. The average molecular weight is 471 g/mol. The van der Waals surface area contributed by atoms with Crippen molar-refractivity contribution in [1.82, 2.24) is 0 Å². The molecule has 34 heavy (non-hydrogen) atoms. The molecule has 162 valence electrons. The van der Waals surface area contributed by atoms with Crippen LogP contribution in [0.4, 0.5) is 0 Å². The molecule has 4 aromatic carbocycles. The van der Waals surface area contributed by atoms with Gasteiger partial charge in [0.1, 0.15) is 0 Å². The van der Waals surface area contributed by atoms with Crippen molar-refractivity contribution in [2.24, 2.45) is 5.92 Å². The smallest absolute Gasteiger partial charge is 0.154 e. The second-order valence-corrected chi connectivity index (χ2v) is 14.2. The quantitative estimate of drug-likeness (QED) is 0.265. The molecule has 2 atom stereocenters. The Morgan fingerprint density at radius 3 is 1.88 bits per heavy atom. The summed E-state index contributed by atoms with van der Waals surface area (Å²) in [4.78, 5) is 0. The topological polar surface area (TPSA) is 0 Å². The number of allylic oxidation sites excluding steroid dienone is 4. The Bertz CT molecular complexity index is 1580. The minimum Gasteiger partial charge on any atom is -0.154 e. The predicted octanol–water partition coefficient (Wildman–Crippen LogP) is 5.73. The van der Waals surface area contributed by atoms with Gasteiger partial charge in [0.25, 0.3) is 0 Å². The second-order valence-electron chi connectivity index (χ2n) is 9.32. The van der Waals surface area contributed by atoms with E-state index in [0.29, 0.717) is 0 Å². The lowest BCUT2D eigenvalue weighted by Gasteiger charge is -2.37. The van der Waals surface area contributed by atoms with E-state index in [9.17, 15) is 0 Å². The molecule has 0 spiro atoms. The van der Waals surface area contributed by atoms with E-state index in [2.05, 4.69) is 127 Å². The van der Waals surface area contributed by atoms with Gasteiger partial charge < -0.3 is 0 Å². The van der Waals surface area contributed by atoms with Crippen molar-refractivity contribution < 1.29 is 0 Å². The molecule has 0 amide bonds.